The summed E-state index contributed by atoms with van der Waals surface area (Å²) in [6.45, 7) is 1.68. The summed E-state index contributed by atoms with van der Waals surface area (Å²) >= 11 is 5.62. The minimum Gasteiger partial charge on any atom is -0.324 e. The maximum atomic E-state index is 13.0. The number of anilines is 1. The molecule has 0 saturated carbocycles. The third-order valence-corrected chi connectivity index (χ3v) is 2.69. The summed E-state index contributed by atoms with van der Waals surface area (Å²) in [5, 5.41) is 6.45. The molecule has 1 aromatic carbocycles. The Morgan fingerprint density at radius 3 is 2.94 bits per heavy atom. The van der Waals surface area contributed by atoms with Crippen LogP contribution in [0, 0.1) is 5.82 Å². The first-order valence-corrected chi connectivity index (χ1v) is 5.56. The molecular weight excluding hydrogens is 259 g/mol. The van der Waals surface area contributed by atoms with Crippen molar-refractivity contribution in [2.24, 2.45) is 0 Å². The summed E-state index contributed by atoms with van der Waals surface area (Å²) in [5.74, 6) is -0.817. The van der Waals surface area contributed by atoms with Crippen molar-refractivity contribution in [2.75, 3.05) is 5.32 Å². The zero-order chi connectivity index (χ0) is 13.1. The Labute approximate surface area is 108 Å². The van der Waals surface area contributed by atoms with Crippen LogP contribution < -0.4 is 5.32 Å². The summed E-state index contributed by atoms with van der Waals surface area (Å²) in [4.78, 5) is 15.6. The highest BCUT2D eigenvalue weighted by Gasteiger charge is 2.15. The third-order valence-electron chi connectivity index (χ3n) is 2.40. The summed E-state index contributed by atoms with van der Waals surface area (Å²) in [6, 6.07) is 3.46. The van der Waals surface area contributed by atoms with Crippen LogP contribution in [0.3, 0.4) is 0 Å². The van der Waals surface area contributed by atoms with Gasteiger partial charge in [-0.1, -0.05) is 11.6 Å². The van der Waals surface area contributed by atoms with E-state index in [1.54, 1.807) is 6.92 Å². The molecule has 1 amide bonds. The number of hydrogen-bond donors (Lipinski definition) is 1. The summed E-state index contributed by atoms with van der Waals surface area (Å²) in [7, 11) is 0. The van der Waals surface area contributed by atoms with Crippen LogP contribution in [0.2, 0.25) is 5.02 Å². The van der Waals surface area contributed by atoms with Crippen molar-refractivity contribution in [1.29, 1.82) is 0 Å². The molecule has 0 saturated heterocycles. The van der Waals surface area contributed by atoms with Crippen molar-refractivity contribution < 1.29 is 9.18 Å². The molecular formula is C11H10ClFN4O. The van der Waals surface area contributed by atoms with Crippen molar-refractivity contribution in [1.82, 2.24) is 14.8 Å². The molecule has 1 atom stereocenters. The van der Waals surface area contributed by atoms with E-state index < -0.39 is 11.9 Å². The largest absolute Gasteiger partial charge is 0.324 e. The van der Waals surface area contributed by atoms with Gasteiger partial charge in [0.15, 0.2) is 0 Å². The van der Waals surface area contributed by atoms with E-state index in [-0.39, 0.29) is 10.9 Å². The molecule has 0 spiro atoms. The lowest BCUT2D eigenvalue weighted by Gasteiger charge is -2.12. The zero-order valence-corrected chi connectivity index (χ0v) is 10.2. The van der Waals surface area contributed by atoms with Crippen molar-refractivity contribution in [3.63, 3.8) is 0 Å². The molecule has 1 N–H and O–H groups in total. The fourth-order valence-corrected chi connectivity index (χ4v) is 1.54. The molecule has 1 aromatic heterocycles. The van der Waals surface area contributed by atoms with E-state index in [1.165, 1.54) is 35.5 Å². The molecule has 0 aliphatic heterocycles. The van der Waals surface area contributed by atoms with Gasteiger partial charge in [0.2, 0.25) is 5.91 Å². The van der Waals surface area contributed by atoms with Gasteiger partial charge in [0.05, 0.1) is 5.02 Å². The van der Waals surface area contributed by atoms with Crippen LogP contribution in [0.4, 0.5) is 10.1 Å². The summed E-state index contributed by atoms with van der Waals surface area (Å²) in [5.41, 5.74) is 0.429. The van der Waals surface area contributed by atoms with E-state index in [9.17, 15) is 9.18 Å². The van der Waals surface area contributed by atoms with Crippen LogP contribution in [0.15, 0.2) is 30.9 Å². The Morgan fingerprint density at radius 2 is 2.33 bits per heavy atom. The number of amides is 1. The minimum absolute atomic E-state index is 0.0405. The second-order valence-electron chi connectivity index (χ2n) is 3.67. The summed E-state index contributed by atoms with van der Waals surface area (Å²) < 4.78 is 14.4. The van der Waals surface area contributed by atoms with Gasteiger partial charge in [0.25, 0.3) is 0 Å². The van der Waals surface area contributed by atoms with E-state index in [4.69, 9.17) is 11.6 Å². The second-order valence-corrected chi connectivity index (χ2v) is 4.08. The highest BCUT2D eigenvalue weighted by molar-refractivity contribution is 6.31. The molecule has 0 fully saturated rings. The number of carbonyl (C=O) groups is 1. The van der Waals surface area contributed by atoms with Gasteiger partial charge in [0.1, 0.15) is 24.5 Å². The highest BCUT2D eigenvalue weighted by Crippen LogP contribution is 2.20. The average molecular weight is 269 g/mol. The first-order valence-electron chi connectivity index (χ1n) is 5.18. The fraction of sp³-hybridized carbons (Fsp3) is 0.182. The van der Waals surface area contributed by atoms with Gasteiger partial charge in [-0.05, 0) is 25.1 Å². The van der Waals surface area contributed by atoms with Gasteiger partial charge in [-0.3, -0.25) is 4.79 Å². The molecule has 0 radical (unpaired) electrons. The molecule has 1 unspecified atom stereocenters. The molecule has 0 aliphatic carbocycles. The smallest absolute Gasteiger partial charge is 0.249 e. The molecule has 18 heavy (non-hydrogen) atoms. The van der Waals surface area contributed by atoms with Gasteiger partial charge < -0.3 is 5.32 Å². The lowest BCUT2D eigenvalue weighted by Crippen LogP contribution is -2.24. The third kappa shape index (κ3) is 2.65. The fourth-order valence-electron chi connectivity index (χ4n) is 1.36. The molecule has 7 heteroatoms. The van der Waals surface area contributed by atoms with E-state index in [1.807, 2.05) is 0 Å². The van der Waals surface area contributed by atoms with Gasteiger partial charge >= 0.3 is 0 Å². The predicted molar refractivity (Wildman–Crippen MR) is 64.8 cm³/mol. The van der Waals surface area contributed by atoms with Crippen LogP contribution in [0.25, 0.3) is 0 Å². The molecule has 0 bridgehead atoms. The van der Waals surface area contributed by atoms with Crippen molar-refractivity contribution in [2.45, 2.75) is 13.0 Å². The maximum Gasteiger partial charge on any atom is 0.249 e. The normalized spacial score (nSPS) is 12.2. The first kappa shape index (κ1) is 12.5. The topological polar surface area (TPSA) is 59.8 Å². The highest BCUT2D eigenvalue weighted by atomic mass is 35.5. The summed E-state index contributed by atoms with van der Waals surface area (Å²) in [6.07, 6.45) is 2.79. The van der Waals surface area contributed by atoms with E-state index >= 15 is 0 Å². The van der Waals surface area contributed by atoms with Crippen molar-refractivity contribution in [3.05, 3.63) is 41.7 Å². The molecule has 5 nitrogen and oxygen atoms in total. The lowest BCUT2D eigenvalue weighted by molar-refractivity contribution is -0.119. The quantitative estimate of drug-likeness (QED) is 0.929. The first-order chi connectivity index (χ1) is 8.58. The monoisotopic (exact) mass is 268 g/mol. The molecule has 2 rings (SSSR count). The number of hydrogen-bond acceptors (Lipinski definition) is 3. The molecule has 2 aromatic rings. The lowest BCUT2D eigenvalue weighted by atomic mass is 10.2. The van der Waals surface area contributed by atoms with Crippen molar-refractivity contribution in [3.8, 4) is 0 Å². The zero-order valence-electron chi connectivity index (χ0n) is 9.47. The standard InChI is InChI=1S/C11H10ClFN4O/c1-7(17-6-14-5-15-17)11(18)16-8-2-3-10(13)9(12)4-8/h2-7H,1H3,(H,16,18). The Balaban J connectivity index is 2.09. The van der Waals surface area contributed by atoms with Crippen LogP contribution in [-0.4, -0.2) is 20.7 Å². The average Bonchev–Trinajstić information content (AvgIpc) is 2.86. The van der Waals surface area contributed by atoms with Crippen LogP contribution in [0.1, 0.15) is 13.0 Å². The Bertz CT molecular complexity index is 558. The van der Waals surface area contributed by atoms with E-state index in [0.29, 0.717) is 5.69 Å². The predicted octanol–water partition coefficient (Wildman–Crippen LogP) is 2.27. The van der Waals surface area contributed by atoms with Crippen LogP contribution >= 0.6 is 11.6 Å². The van der Waals surface area contributed by atoms with Gasteiger partial charge in [-0.2, -0.15) is 5.10 Å². The number of rotatable bonds is 3. The number of nitrogens with zero attached hydrogens (tertiary/aromatic N) is 3. The number of carbonyl (C=O) groups excluding carboxylic acids is 1. The molecule has 0 aliphatic rings. The number of halogens is 2. The van der Waals surface area contributed by atoms with E-state index in [0.717, 1.165) is 0 Å². The number of aromatic nitrogens is 3. The van der Waals surface area contributed by atoms with Gasteiger partial charge in [-0.25, -0.2) is 14.1 Å². The Kier molecular flexibility index (Phi) is 3.57. The minimum atomic E-state index is -0.529. The van der Waals surface area contributed by atoms with Gasteiger partial charge in [0, 0.05) is 5.69 Å². The molecule has 1 heterocycles. The number of nitrogens with one attached hydrogen (secondary N) is 1. The number of benzene rings is 1. The van der Waals surface area contributed by atoms with Crippen molar-refractivity contribution >= 4 is 23.2 Å². The van der Waals surface area contributed by atoms with E-state index in [2.05, 4.69) is 15.4 Å². The van der Waals surface area contributed by atoms with Crippen LogP contribution in [0.5, 0.6) is 0 Å². The second kappa shape index (κ2) is 5.14. The van der Waals surface area contributed by atoms with Gasteiger partial charge in [-0.15, -0.1) is 0 Å². The SMILES string of the molecule is CC(C(=O)Nc1ccc(F)c(Cl)c1)n1cncn1. The maximum absolute atomic E-state index is 13.0. The Hall–Kier alpha value is -1.95. The molecule has 94 valence electrons. The Morgan fingerprint density at radius 1 is 1.56 bits per heavy atom. The van der Waals surface area contributed by atoms with Crippen LogP contribution in [-0.2, 0) is 4.79 Å².